The van der Waals surface area contributed by atoms with Gasteiger partial charge in [-0.3, -0.25) is 9.36 Å². The van der Waals surface area contributed by atoms with Gasteiger partial charge in [0.25, 0.3) is 5.56 Å². The Kier molecular flexibility index (Phi) is 2.49. The van der Waals surface area contributed by atoms with Crippen molar-refractivity contribution in [2.24, 2.45) is 11.8 Å². The minimum absolute atomic E-state index is 0.128. The van der Waals surface area contributed by atoms with Gasteiger partial charge in [0.05, 0.1) is 5.54 Å². The lowest BCUT2D eigenvalue weighted by atomic mass is 9.42. The zero-order valence-electron chi connectivity index (χ0n) is 11.8. The molecule has 0 spiro atoms. The van der Waals surface area contributed by atoms with Gasteiger partial charge in [-0.05, 0) is 37.0 Å². The fraction of sp³-hybridized carbons (Fsp3) is 0.467. The Bertz CT molecular complexity index is 860. The molecule has 2 aromatic rings. The maximum Gasteiger partial charge on any atom is 0.270 e. The van der Waals surface area contributed by atoms with Crippen LogP contribution >= 0.6 is 11.8 Å². The van der Waals surface area contributed by atoms with Crippen LogP contribution in [0.25, 0.3) is 11.0 Å². The largest absolute Gasteiger partial charge is 0.285 e. The van der Waals surface area contributed by atoms with Gasteiger partial charge >= 0.3 is 0 Å². The molecule has 3 aliphatic rings. The lowest BCUT2D eigenvalue weighted by Gasteiger charge is -2.67. The quantitative estimate of drug-likeness (QED) is 0.627. The molecule has 0 amide bonds. The highest BCUT2D eigenvalue weighted by atomic mass is 32.2. The fourth-order valence-electron chi connectivity index (χ4n) is 3.75. The number of aromatic nitrogens is 3. The summed E-state index contributed by atoms with van der Waals surface area (Å²) in [5.41, 5.74) is 0.515. The van der Waals surface area contributed by atoms with Gasteiger partial charge in [0.1, 0.15) is 17.3 Å². The standard InChI is InChI=1S/C15H14N4OS/c1-8-11-4-15(8,5-11)19-12-10(3-9(6-16)13(19)20)7-17-14(18-12)21-2/h3,7-8,11H,4-5H2,1-2H3/t8-,11?,15?/m1/s1. The summed E-state index contributed by atoms with van der Waals surface area (Å²) in [5, 5.41) is 10.6. The second-order valence-electron chi connectivity index (χ2n) is 6.01. The molecule has 2 bridgehead atoms. The van der Waals surface area contributed by atoms with Gasteiger partial charge in [-0.25, -0.2) is 9.97 Å². The molecule has 5 rings (SSSR count). The van der Waals surface area contributed by atoms with Crippen LogP contribution in [0.4, 0.5) is 0 Å². The lowest BCUT2D eigenvalue weighted by Crippen LogP contribution is -2.69. The predicted octanol–water partition coefficient (Wildman–Crippen LogP) is 2.14. The van der Waals surface area contributed by atoms with E-state index in [1.807, 2.05) is 12.3 Å². The minimum atomic E-state index is -0.208. The van der Waals surface area contributed by atoms with E-state index in [9.17, 15) is 10.1 Å². The van der Waals surface area contributed by atoms with E-state index in [1.54, 1.807) is 16.8 Å². The summed E-state index contributed by atoms with van der Waals surface area (Å²) >= 11 is 1.46. The van der Waals surface area contributed by atoms with Crippen LogP contribution in [0, 0.1) is 23.2 Å². The highest BCUT2D eigenvalue weighted by Gasteiger charge is 2.65. The molecule has 3 fully saturated rings. The van der Waals surface area contributed by atoms with E-state index >= 15 is 0 Å². The molecule has 0 saturated heterocycles. The number of pyridine rings is 1. The Labute approximate surface area is 126 Å². The number of nitrogens with zero attached hydrogens (tertiary/aromatic N) is 4. The minimum Gasteiger partial charge on any atom is -0.285 e. The highest BCUT2D eigenvalue weighted by Crippen LogP contribution is 2.66. The van der Waals surface area contributed by atoms with Gasteiger partial charge in [0, 0.05) is 11.6 Å². The average Bonchev–Trinajstić information content (AvgIpc) is 2.47. The zero-order chi connectivity index (χ0) is 14.8. The van der Waals surface area contributed by atoms with E-state index in [0.717, 1.165) is 24.1 Å². The summed E-state index contributed by atoms with van der Waals surface area (Å²) in [4.78, 5) is 21.5. The Hall–Kier alpha value is -1.87. The molecule has 0 N–H and O–H groups in total. The number of hydrogen-bond acceptors (Lipinski definition) is 5. The molecule has 0 unspecified atom stereocenters. The SMILES string of the molecule is CSc1ncc2cc(C#N)c(=O)n(C34CC(C3)[C@H]4C)c2n1. The Balaban J connectivity index is 2.08. The van der Waals surface area contributed by atoms with Gasteiger partial charge < -0.3 is 0 Å². The van der Waals surface area contributed by atoms with Gasteiger partial charge in [0.15, 0.2) is 5.16 Å². The van der Waals surface area contributed by atoms with E-state index in [4.69, 9.17) is 0 Å². The Morgan fingerprint density at radius 1 is 1.52 bits per heavy atom. The number of rotatable bonds is 2. The Morgan fingerprint density at radius 2 is 2.29 bits per heavy atom. The maximum absolute atomic E-state index is 12.7. The third-order valence-electron chi connectivity index (χ3n) is 5.25. The summed E-state index contributed by atoms with van der Waals surface area (Å²) in [5.74, 6) is 1.21. The van der Waals surface area contributed by atoms with Crippen LogP contribution in [0.2, 0.25) is 0 Å². The van der Waals surface area contributed by atoms with Crippen LogP contribution in [-0.2, 0) is 5.54 Å². The first kappa shape index (κ1) is 12.8. The van der Waals surface area contributed by atoms with Crippen molar-refractivity contribution in [2.45, 2.75) is 30.5 Å². The van der Waals surface area contributed by atoms with E-state index < -0.39 is 0 Å². The van der Waals surface area contributed by atoms with Crippen LogP contribution < -0.4 is 5.56 Å². The Morgan fingerprint density at radius 3 is 2.81 bits per heavy atom. The van der Waals surface area contributed by atoms with Gasteiger partial charge in [-0.2, -0.15) is 5.26 Å². The normalized spacial score (nSPS) is 29.6. The fourth-order valence-corrected chi connectivity index (χ4v) is 4.09. The number of hydrogen-bond donors (Lipinski definition) is 0. The van der Waals surface area contributed by atoms with Crippen molar-refractivity contribution in [1.82, 2.24) is 14.5 Å². The third kappa shape index (κ3) is 1.45. The lowest BCUT2D eigenvalue weighted by molar-refractivity contribution is -0.162. The molecule has 3 aliphatic carbocycles. The van der Waals surface area contributed by atoms with E-state index in [0.29, 0.717) is 16.7 Å². The molecule has 3 saturated carbocycles. The molecule has 1 atom stereocenters. The summed E-state index contributed by atoms with van der Waals surface area (Å²) in [6, 6.07) is 3.62. The smallest absolute Gasteiger partial charge is 0.270 e. The highest BCUT2D eigenvalue weighted by molar-refractivity contribution is 7.98. The molecular formula is C15H14N4OS. The van der Waals surface area contributed by atoms with E-state index in [1.165, 1.54) is 11.8 Å². The summed E-state index contributed by atoms with van der Waals surface area (Å²) in [6.45, 7) is 2.19. The topological polar surface area (TPSA) is 71.6 Å². The van der Waals surface area contributed by atoms with Crippen LogP contribution in [0.3, 0.4) is 0 Å². The molecule has 2 aromatic heterocycles. The second kappa shape index (κ2) is 4.08. The molecule has 2 heterocycles. The molecular weight excluding hydrogens is 284 g/mol. The molecule has 0 aromatic carbocycles. The van der Waals surface area contributed by atoms with Gasteiger partial charge in [0.2, 0.25) is 0 Å². The monoisotopic (exact) mass is 298 g/mol. The van der Waals surface area contributed by atoms with Crippen LogP contribution in [0.1, 0.15) is 25.3 Å². The molecule has 5 nitrogen and oxygen atoms in total. The molecule has 106 valence electrons. The average molecular weight is 298 g/mol. The molecule has 6 heteroatoms. The summed E-state index contributed by atoms with van der Waals surface area (Å²) in [7, 11) is 0. The number of thioether (sulfide) groups is 1. The van der Waals surface area contributed by atoms with Crippen molar-refractivity contribution < 1.29 is 0 Å². The van der Waals surface area contributed by atoms with Gasteiger partial charge in [-0.15, -0.1) is 0 Å². The summed E-state index contributed by atoms with van der Waals surface area (Å²) < 4.78 is 1.78. The van der Waals surface area contributed by atoms with Gasteiger partial charge in [-0.1, -0.05) is 18.7 Å². The molecule has 0 aliphatic heterocycles. The van der Waals surface area contributed by atoms with Crippen molar-refractivity contribution in [3.05, 3.63) is 28.2 Å². The van der Waals surface area contributed by atoms with Crippen LogP contribution in [0.5, 0.6) is 0 Å². The van der Waals surface area contributed by atoms with Crippen molar-refractivity contribution in [1.29, 1.82) is 5.26 Å². The maximum atomic E-state index is 12.7. The first-order chi connectivity index (χ1) is 10.1. The number of fused-ring (bicyclic) bond motifs is 1. The van der Waals surface area contributed by atoms with Crippen LogP contribution in [0.15, 0.2) is 22.2 Å². The van der Waals surface area contributed by atoms with Crippen molar-refractivity contribution in [2.75, 3.05) is 6.26 Å². The van der Waals surface area contributed by atoms with E-state index in [2.05, 4.69) is 16.9 Å². The van der Waals surface area contributed by atoms with Crippen molar-refractivity contribution in [3.63, 3.8) is 0 Å². The second-order valence-corrected chi connectivity index (χ2v) is 6.78. The van der Waals surface area contributed by atoms with Crippen LogP contribution in [-0.4, -0.2) is 20.8 Å². The zero-order valence-corrected chi connectivity index (χ0v) is 12.6. The van der Waals surface area contributed by atoms with E-state index in [-0.39, 0.29) is 16.7 Å². The first-order valence-electron chi connectivity index (χ1n) is 6.98. The van der Waals surface area contributed by atoms with Crippen molar-refractivity contribution >= 4 is 22.8 Å². The number of nitriles is 1. The first-order valence-corrected chi connectivity index (χ1v) is 8.20. The molecule has 0 radical (unpaired) electrons. The predicted molar refractivity (Wildman–Crippen MR) is 80.2 cm³/mol. The third-order valence-corrected chi connectivity index (χ3v) is 5.82. The molecule has 21 heavy (non-hydrogen) atoms. The summed E-state index contributed by atoms with van der Waals surface area (Å²) in [6.07, 6.45) is 5.67. The van der Waals surface area contributed by atoms with Crippen molar-refractivity contribution in [3.8, 4) is 6.07 Å².